The molecule has 0 saturated carbocycles. The second kappa shape index (κ2) is 5.35. The van der Waals surface area contributed by atoms with Gasteiger partial charge in [-0.3, -0.25) is 0 Å². The average Bonchev–Trinajstić information content (AvgIpc) is 2.80. The summed E-state index contributed by atoms with van der Waals surface area (Å²) in [6.07, 6.45) is -0.0388. The highest BCUT2D eigenvalue weighted by Gasteiger charge is 2.35. The van der Waals surface area contributed by atoms with E-state index in [2.05, 4.69) is 6.07 Å². The third-order valence-electron chi connectivity index (χ3n) is 3.71. The molecule has 0 fully saturated rings. The van der Waals surface area contributed by atoms with Crippen molar-refractivity contribution in [1.82, 2.24) is 0 Å². The molecule has 0 spiro atoms. The first kappa shape index (κ1) is 14.1. The molecule has 0 aliphatic carbocycles. The van der Waals surface area contributed by atoms with E-state index in [0.717, 1.165) is 17.4 Å². The predicted octanol–water partition coefficient (Wildman–Crippen LogP) is 3.98. The summed E-state index contributed by atoms with van der Waals surface area (Å²) in [5.41, 5.74) is 1.37. The molecule has 1 aromatic heterocycles. The monoisotopic (exact) mass is 262 g/mol. The normalized spacial score (nSPS) is 16.5. The van der Waals surface area contributed by atoms with Crippen molar-refractivity contribution in [3.63, 3.8) is 0 Å². The summed E-state index contributed by atoms with van der Waals surface area (Å²) in [5.74, 6) is 0.568. The largest absolute Gasteiger partial charge is 0.458 e. The summed E-state index contributed by atoms with van der Waals surface area (Å²) in [6, 6.07) is 7.90. The number of benzene rings is 1. The smallest absolute Gasteiger partial charge is 0.140 e. The van der Waals surface area contributed by atoms with Crippen LogP contribution in [0.4, 0.5) is 0 Å². The Kier molecular flexibility index (Phi) is 3.97. The molecule has 3 nitrogen and oxygen atoms in total. The minimum absolute atomic E-state index is 0.568. The highest BCUT2D eigenvalue weighted by Crippen LogP contribution is 2.35. The van der Waals surface area contributed by atoms with Crippen LogP contribution in [0.25, 0.3) is 11.0 Å². The summed E-state index contributed by atoms with van der Waals surface area (Å²) >= 11 is 0. The lowest BCUT2D eigenvalue weighted by atomic mass is 9.93. The molecule has 19 heavy (non-hydrogen) atoms. The summed E-state index contributed by atoms with van der Waals surface area (Å²) in [7, 11) is 0. The highest BCUT2D eigenvalue weighted by molar-refractivity contribution is 5.78. The Morgan fingerprint density at radius 3 is 2.68 bits per heavy atom. The molecule has 0 amide bonds. The lowest BCUT2D eigenvalue weighted by Crippen LogP contribution is -2.35. The van der Waals surface area contributed by atoms with E-state index < -0.39 is 11.7 Å². The van der Waals surface area contributed by atoms with Crippen LogP contribution in [0.15, 0.2) is 28.7 Å². The molecule has 1 heterocycles. The Morgan fingerprint density at radius 2 is 2.05 bits per heavy atom. The van der Waals surface area contributed by atoms with E-state index >= 15 is 0 Å². The second-order valence-electron chi connectivity index (χ2n) is 5.19. The molecule has 1 aromatic carbocycles. The van der Waals surface area contributed by atoms with E-state index in [1.165, 1.54) is 5.56 Å². The number of ether oxygens (including phenoxy) is 1. The van der Waals surface area contributed by atoms with Gasteiger partial charge in [0.25, 0.3) is 0 Å². The van der Waals surface area contributed by atoms with Gasteiger partial charge in [-0.15, -0.1) is 0 Å². The average molecular weight is 262 g/mol. The van der Waals surface area contributed by atoms with Gasteiger partial charge in [-0.1, -0.05) is 18.6 Å². The third kappa shape index (κ3) is 2.67. The molecule has 2 rings (SSSR count). The van der Waals surface area contributed by atoms with Crippen molar-refractivity contribution in [3.8, 4) is 0 Å². The van der Waals surface area contributed by atoms with Crippen molar-refractivity contribution in [2.75, 3.05) is 6.61 Å². The Bertz CT molecular complexity index is 558. The van der Waals surface area contributed by atoms with Gasteiger partial charge < -0.3 is 14.3 Å². The van der Waals surface area contributed by atoms with Gasteiger partial charge in [0.1, 0.15) is 17.4 Å². The Hall–Kier alpha value is -1.32. The van der Waals surface area contributed by atoms with Gasteiger partial charge in [-0.05, 0) is 45.4 Å². The number of fused-ring (bicyclic) bond motifs is 1. The molecule has 0 aliphatic rings. The van der Waals surface area contributed by atoms with Crippen molar-refractivity contribution < 1.29 is 14.3 Å². The van der Waals surface area contributed by atoms with Crippen LogP contribution in [0.2, 0.25) is 0 Å². The molecule has 2 unspecified atom stereocenters. The van der Waals surface area contributed by atoms with E-state index in [9.17, 15) is 5.11 Å². The molecule has 3 heteroatoms. The summed E-state index contributed by atoms with van der Waals surface area (Å²) in [5, 5.41) is 11.5. The zero-order chi connectivity index (χ0) is 14.0. The highest BCUT2D eigenvalue weighted by atomic mass is 16.5. The third-order valence-corrected chi connectivity index (χ3v) is 3.71. The maximum absolute atomic E-state index is 10.5. The Balaban J connectivity index is 2.37. The van der Waals surface area contributed by atoms with Gasteiger partial charge in [0.15, 0.2) is 0 Å². The number of hydrogen-bond donors (Lipinski definition) is 1. The van der Waals surface area contributed by atoms with Crippen LogP contribution >= 0.6 is 0 Å². The zero-order valence-corrected chi connectivity index (χ0v) is 12.1. The van der Waals surface area contributed by atoms with E-state index in [0.29, 0.717) is 12.4 Å². The quantitative estimate of drug-likeness (QED) is 0.886. The van der Waals surface area contributed by atoms with E-state index in [1.54, 1.807) is 0 Å². The lowest BCUT2D eigenvalue weighted by Gasteiger charge is -2.32. The molecule has 0 radical (unpaired) electrons. The SMILES string of the molecule is CCOC(C)(CC)C(O)c1cc2cc(C)ccc2o1. The van der Waals surface area contributed by atoms with Crippen LogP contribution in [-0.2, 0) is 4.74 Å². The van der Waals surface area contributed by atoms with Gasteiger partial charge in [0.05, 0.1) is 5.60 Å². The molecule has 0 saturated heterocycles. The van der Waals surface area contributed by atoms with Gasteiger partial charge in [-0.2, -0.15) is 0 Å². The number of aliphatic hydroxyl groups is 1. The van der Waals surface area contributed by atoms with E-state index in [4.69, 9.17) is 9.15 Å². The standard InChI is InChI=1S/C16H22O3/c1-5-16(4,18-6-2)15(17)14-10-12-9-11(3)7-8-13(12)19-14/h7-10,15,17H,5-6H2,1-4H3. The number of furan rings is 1. The molecule has 2 aromatic rings. The van der Waals surface area contributed by atoms with Crippen molar-refractivity contribution >= 4 is 11.0 Å². The molecule has 0 aliphatic heterocycles. The molecule has 0 bridgehead atoms. The topological polar surface area (TPSA) is 42.6 Å². The first-order valence-electron chi connectivity index (χ1n) is 6.82. The summed E-state index contributed by atoms with van der Waals surface area (Å²) < 4.78 is 11.5. The number of aliphatic hydroxyl groups excluding tert-OH is 1. The van der Waals surface area contributed by atoms with Crippen LogP contribution in [-0.4, -0.2) is 17.3 Å². The Morgan fingerprint density at radius 1 is 1.32 bits per heavy atom. The first-order chi connectivity index (χ1) is 9.00. The van der Waals surface area contributed by atoms with Crippen LogP contribution in [0.3, 0.4) is 0 Å². The van der Waals surface area contributed by atoms with Crippen molar-refractivity contribution in [2.45, 2.75) is 45.8 Å². The lowest BCUT2D eigenvalue weighted by molar-refractivity contribution is -0.119. The van der Waals surface area contributed by atoms with Gasteiger partial charge in [-0.25, -0.2) is 0 Å². The van der Waals surface area contributed by atoms with Crippen LogP contribution in [0, 0.1) is 6.92 Å². The maximum atomic E-state index is 10.5. The molecular formula is C16H22O3. The fraction of sp³-hybridized carbons (Fsp3) is 0.500. The van der Waals surface area contributed by atoms with Gasteiger partial charge in [0, 0.05) is 12.0 Å². The van der Waals surface area contributed by atoms with E-state index in [1.807, 2.05) is 45.9 Å². The van der Waals surface area contributed by atoms with Crippen molar-refractivity contribution in [1.29, 1.82) is 0 Å². The van der Waals surface area contributed by atoms with Crippen LogP contribution < -0.4 is 0 Å². The van der Waals surface area contributed by atoms with Crippen molar-refractivity contribution in [2.24, 2.45) is 0 Å². The predicted molar refractivity (Wildman–Crippen MR) is 76.2 cm³/mol. The molecule has 2 atom stereocenters. The van der Waals surface area contributed by atoms with Crippen LogP contribution in [0.1, 0.15) is 44.6 Å². The number of hydrogen-bond acceptors (Lipinski definition) is 3. The molecule has 1 N–H and O–H groups in total. The van der Waals surface area contributed by atoms with E-state index in [-0.39, 0.29) is 0 Å². The van der Waals surface area contributed by atoms with Crippen molar-refractivity contribution in [3.05, 3.63) is 35.6 Å². The fourth-order valence-corrected chi connectivity index (χ4v) is 2.32. The molecule has 104 valence electrons. The number of aryl methyl sites for hydroxylation is 1. The van der Waals surface area contributed by atoms with Crippen LogP contribution in [0.5, 0.6) is 0 Å². The maximum Gasteiger partial charge on any atom is 0.140 e. The number of rotatable bonds is 5. The Labute approximate surface area is 114 Å². The minimum atomic E-state index is -0.759. The summed E-state index contributed by atoms with van der Waals surface area (Å²) in [4.78, 5) is 0. The minimum Gasteiger partial charge on any atom is -0.458 e. The van der Waals surface area contributed by atoms with Gasteiger partial charge in [0.2, 0.25) is 0 Å². The molecular weight excluding hydrogens is 240 g/mol. The van der Waals surface area contributed by atoms with Gasteiger partial charge >= 0.3 is 0 Å². The summed E-state index contributed by atoms with van der Waals surface area (Å²) in [6.45, 7) is 8.47. The second-order valence-corrected chi connectivity index (χ2v) is 5.19. The zero-order valence-electron chi connectivity index (χ0n) is 12.1. The first-order valence-corrected chi connectivity index (χ1v) is 6.82. The fourth-order valence-electron chi connectivity index (χ4n) is 2.32.